The Kier molecular flexibility index (Phi) is 6.94. The van der Waals surface area contributed by atoms with Gasteiger partial charge in [-0.05, 0) is 115 Å². The summed E-state index contributed by atoms with van der Waals surface area (Å²) >= 11 is 0. The second kappa shape index (κ2) is 10.3. The highest BCUT2D eigenvalue weighted by Crippen LogP contribution is 2.51. The monoisotopic (exact) mass is 582 g/mol. The van der Waals surface area contributed by atoms with E-state index >= 15 is 0 Å². The molecule has 1 aromatic carbocycles. The normalized spacial score (nSPS) is 40.9. The fourth-order valence-electron chi connectivity index (χ4n) is 7.42. The summed E-state index contributed by atoms with van der Waals surface area (Å²) in [5.74, 6) is -1.02. The molecule has 0 radical (unpaired) electrons. The van der Waals surface area contributed by atoms with Gasteiger partial charge in [0.15, 0.2) is 0 Å². The number of hydrogen-bond donors (Lipinski definition) is 0. The Bertz CT molecular complexity index is 1110. The quantitative estimate of drug-likeness (QED) is 0.225. The third-order valence-electron chi connectivity index (χ3n) is 10.9. The van der Waals surface area contributed by atoms with Crippen LogP contribution in [0.1, 0.15) is 110 Å². The van der Waals surface area contributed by atoms with Crippen LogP contribution in [-0.2, 0) is 28.4 Å². The van der Waals surface area contributed by atoms with Crippen LogP contribution in [-0.4, -0.2) is 72.8 Å². The topological polar surface area (TPSA) is 116 Å². The molecule has 0 bridgehead atoms. The maximum Gasteiger partial charge on any atom is 0.338 e. The first kappa shape index (κ1) is 28.3. The highest BCUT2D eigenvalue weighted by molar-refractivity contribution is 6.00. The van der Waals surface area contributed by atoms with Crippen LogP contribution >= 0.6 is 0 Å². The summed E-state index contributed by atoms with van der Waals surface area (Å²) < 4.78 is 34.3. The SMILES string of the molecule is CC12CCC(COC(=O)c3cc(C(=O)OCC4CCC5(C)OC5C4)cc(C(=O)OCC4CCC5(C)OC5C4)c3)CC1O2. The molecule has 7 rings (SSSR count). The van der Waals surface area contributed by atoms with Crippen molar-refractivity contribution in [2.45, 2.75) is 114 Å². The fraction of sp³-hybridized carbons (Fsp3) is 0.727. The number of carbonyl (C=O) groups excluding carboxylic acids is 3. The van der Waals surface area contributed by atoms with Gasteiger partial charge in [-0.3, -0.25) is 0 Å². The summed E-state index contributed by atoms with van der Waals surface area (Å²) in [5, 5.41) is 0. The van der Waals surface area contributed by atoms with E-state index in [-0.39, 0.29) is 89.4 Å². The largest absolute Gasteiger partial charge is 0.462 e. The molecular formula is C33H42O9. The molecule has 0 N–H and O–H groups in total. The van der Waals surface area contributed by atoms with E-state index in [0.29, 0.717) is 0 Å². The average Bonchev–Trinajstić information content (AvgIpc) is 3.92. The van der Waals surface area contributed by atoms with Gasteiger partial charge in [-0.1, -0.05) is 0 Å². The summed E-state index contributed by atoms with van der Waals surface area (Å²) in [6.07, 6.45) is 8.99. The smallest absolute Gasteiger partial charge is 0.338 e. The molecule has 3 aliphatic heterocycles. The molecule has 9 unspecified atom stereocenters. The first-order valence-corrected chi connectivity index (χ1v) is 15.7. The van der Waals surface area contributed by atoms with Crippen molar-refractivity contribution in [3.8, 4) is 0 Å². The van der Waals surface area contributed by atoms with E-state index in [9.17, 15) is 14.4 Å². The molecule has 42 heavy (non-hydrogen) atoms. The first-order chi connectivity index (χ1) is 20.0. The lowest BCUT2D eigenvalue weighted by Gasteiger charge is -2.22. The highest BCUT2D eigenvalue weighted by Gasteiger charge is 2.56. The van der Waals surface area contributed by atoms with Gasteiger partial charge in [0.2, 0.25) is 0 Å². The van der Waals surface area contributed by atoms with Crippen molar-refractivity contribution in [1.82, 2.24) is 0 Å². The Balaban J connectivity index is 1.00. The van der Waals surface area contributed by atoms with Crippen molar-refractivity contribution in [3.63, 3.8) is 0 Å². The van der Waals surface area contributed by atoms with Crippen molar-refractivity contribution in [2.24, 2.45) is 17.8 Å². The van der Waals surface area contributed by atoms with Crippen LogP contribution in [0.2, 0.25) is 0 Å². The lowest BCUT2D eigenvalue weighted by atomic mass is 9.83. The number of rotatable bonds is 9. The molecule has 0 spiro atoms. The molecule has 1 aromatic rings. The molecule has 9 atom stereocenters. The molecule has 0 aromatic heterocycles. The standard InChI is InChI=1S/C33H42O9/c1-31-7-4-19(10-25(31)40-31)16-37-28(34)22-13-23(29(35)38-17-20-5-8-32(2)26(11-20)41-32)15-24(14-22)30(36)39-18-21-6-9-33(3)27(12-21)42-33/h13-15,19-21,25-27H,4-12,16-18H2,1-3H3. The van der Waals surface area contributed by atoms with E-state index in [1.807, 2.05) is 0 Å². The summed E-state index contributed by atoms with van der Waals surface area (Å²) in [7, 11) is 0. The van der Waals surface area contributed by atoms with Gasteiger partial charge in [0.25, 0.3) is 0 Å². The molecule has 9 heteroatoms. The third-order valence-corrected chi connectivity index (χ3v) is 10.9. The van der Waals surface area contributed by atoms with Crippen molar-refractivity contribution in [1.29, 1.82) is 0 Å². The van der Waals surface area contributed by atoms with E-state index in [1.54, 1.807) is 0 Å². The van der Waals surface area contributed by atoms with Crippen LogP contribution < -0.4 is 0 Å². The van der Waals surface area contributed by atoms with Crippen LogP contribution in [0, 0.1) is 17.8 Å². The van der Waals surface area contributed by atoms with Crippen LogP contribution in [0.15, 0.2) is 18.2 Å². The van der Waals surface area contributed by atoms with Gasteiger partial charge in [0.05, 0.1) is 71.6 Å². The van der Waals surface area contributed by atoms with E-state index < -0.39 is 17.9 Å². The van der Waals surface area contributed by atoms with E-state index in [2.05, 4.69) is 20.8 Å². The van der Waals surface area contributed by atoms with Gasteiger partial charge in [-0.15, -0.1) is 0 Å². The van der Waals surface area contributed by atoms with Crippen molar-refractivity contribution in [3.05, 3.63) is 34.9 Å². The maximum atomic E-state index is 13.2. The van der Waals surface area contributed by atoms with Crippen molar-refractivity contribution >= 4 is 17.9 Å². The molecule has 6 aliphatic rings. The molecule has 228 valence electrons. The number of carbonyl (C=O) groups is 3. The van der Waals surface area contributed by atoms with E-state index in [1.165, 1.54) is 18.2 Å². The molecule has 9 nitrogen and oxygen atoms in total. The van der Waals surface area contributed by atoms with Gasteiger partial charge < -0.3 is 28.4 Å². The minimum absolute atomic E-state index is 0.00356. The van der Waals surface area contributed by atoms with Gasteiger partial charge in [-0.25, -0.2) is 14.4 Å². The maximum absolute atomic E-state index is 13.2. The Labute approximate surface area is 246 Å². The van der Waals surface area contributed by atoms with Gasteiger partial charge in [0.1, 0.15) is 0 Å². The third kappa shape index (κ3) is 5.72. The van der Waals surface area contributed by atoms with E-state index in [4.69, 9.17) is 28.4 Å². The highest BCUT2D eigenvalue weighted by atomic mass is 16.6. The lowest BCUT2D eigenvalue weighted by Crippen LogP contribution is -2.26. The summed E-state index contributed by atoms with van der Waals surface area (Å²) in [4.78, 5) is 39.5. The van der Waals surface area contributed by atoms with Crippen LogP contribution in [0.3, 0.4) is 0 Å². The molecule has 0 amide bonds. The average molecular weight is 583 g/mol. The number of esters is 3. The molecule has 3 saturated carbocycles. The lowest BCUT2D eigenvalue weighted by molar-refractivity contribution is 0.0407. The first-order valence-electron chi connectivity index (χ1n) is 15.7. The molecule has 3 saturated heterocycles. The summed E-state index contributed by atoms with van der Waals surface area (Å²) in [6, 6.07) is 4.37. The van der Waals surface area contributed by atoms with Crippen LogP contribution in [0.4, 0.5) is 0 Å². The van der Waals surface area contributed by atoms with Crippen molar-refractivity contribution < 1.29 is 42.8 Å². The van der Waals surface area contributed by atoms with Crippen LogP contribution in [0.5, 0.6) is 0 Å². The van der Waals surface area contributed by atoms with Gasteiger partial charge >= 0.3 is 17.9 Å². The Hall–Kier alpha value is -2.49. The predicted molar refractivity (Wildman–Crippen MR) is 149 cm³/mol. The zero-order valence-electron chi connectivity index (χ0n) is 24.9. The molecular weight excluding hydrogens is 540 g/mol. The second-order valence-corrected chi connectivity index (χ2v) is 14.3. The number of ether oxygens (including phenoxy) is 6. The van der Waals surface area contributed by atoms with Gasteiger partial charge in [0, 0.05) is 0 Å². The molecule has 3 heterocycles. The molecule has 3 aliphatic carbocycles. The Morgan fingerprint density at radius 2 is 0.881 bits per heavy atom. The molecule has 6 fully saturated rings. The second-order valence-electron chi connectivity index (χ2n) is 14.3. The zero-order chi connectivity index (χ0) is 29.3. The van der Waals surface area contributed by atoms with Crippen molar-refractivity contribution in [2.75, 3.05) is 19.8 Å². The summed E-state index contributed by atoms with van der Waals surface area (Å²) in [5.41, 5.74) is 0.404. The minimum Gasteiger partial charge on any atom is -0.462 e. The fourth-order valence-corrected chi connectivity index (χ4v) is 7.42. The minimum atomic E-state index is -0.571. The summed E-state index contributed by atoms with van der Waals surface area (Å²) in [6.45, 7) is 7.20. The predicted octanol–water partition coefficient (Wildman–Crippen LogP) is 5.03. The zero-order valence-corrected chi connectivity index (χ0v) is 24.9. The number of epoxide rings is 3. The van der Waals surface area contributed by atoms with Crippen LogP contribution in [0.25, 0.3) is 0 Å². The van der Waals surface area contributed by atoms with E-state index in [0.717, 1.165) is 57.8 Å². The number of hydrogen-bond acceptors (Lipinski definition) is 9. The number of benzene rings is 1. The Morgan fingerprint density at radius 1 is 0.595 bits per heavy atom. The van der Waals surface area contributed by atoms with Gasteiger partial charge in [-0.2, -0.15) is 0 Å². The Morgan fingerprint density at radius 3 is 1.14 bits per heavy atom. The number of fused-ring (bicyclic) bond motifs is 3.